The predicted molar refractivity (Wildman–Crippen MR) is 57.1 cm³/mol. The quantitative estimate of drug-likeness (QED) is 0.742. The van der Waals surface area contributed by atoms with E-state index in [2.05, 4.69) is 16.7 Å². The molecule has 0 aromatic rings. The van der Waals surface area contributed by atoms with Crippen molar-refractivity contribution in [1.29, 1.82) is 0 Å². The van der Waals surface area contributed by atoms with Crippen LogP contribution in [0.15, 0.2) is 0 Å². The highest BCUT2D eigenvalue weighted by Gasteiger charge is 2.40. The number of hydrogen-bond donors (Lipinski definition) is 1. The Balaban J connectivity index is 1.79. The molecular formula is C10H19NOS. The minimum Gasteiger partial charge on any atom is -0.396 e. The van der Waals surface area contributed by atoms with E-state index in [-0.39, 0.29) is 0 Å². The molecule has 2 rings (SSSR count). The van der Waals surface area contributed by atoms with Crippen molar-refractivity contribution in [3.8, 4) is 0 Å². The third-order valence-corrected chi connectivity index (χ3v) is 4.64. The van der Waals surface area contributed by atoms with Gasteiger partial charge in [0.2, 0.25) is 0 Å². The molecule has 0 bridgehead atoms. The lowest BCUT2D eigenvalue weighted by atomic mass is 9.87. The molecule has 3 heteroatoms. The fourth-order valence-electron chi connectivity index (χ4n) is 2.48. The molecular weight excluding hydrogens is 182 g/mol. The fraction of sp³-hybridized carbons (Fsp3) is 1.00. The molecule has 2 heterocycles. The summed E-state index contributed by atoms with van der Waals surface area (Å²) in [5.41, 5.74) is 0.667. The van der Waals surface area contributed by atoms with Crippen LogP contribution in [0, 0.1) is 5.41 Å². The smallest absolute Gasteiger partial charge is 0.0443 e. The molecule has 2 fully saturated rings. The Labute approximate surface area is 84.7 Å². The fourth-order valence-corrected chi connectivity index (χ4v) is 4.02. The van der Waals surface area contributed by atoms with Gasteiger partial charge >= 0.3 is 0 Å². The van der Waals surface area contributed by atoms with Gasteiger partial charge in [-0.15, -0.1) is 0 Å². The Kier molecular flexibility index (Phi) is 3.17. The van der Waals surface area contributed by atoms with Gasteiger partial charge in [0.1, 0.15) is 0 Å². The standard InChI is InChI=1S/C10H19NOS/c12-6-1-4-11-5-2-10(8-11)3-7-13-9-10/h12H,1-9H2/t10-/m1/s1. The lowest BCUT2D eigenvalue weighted by Gasteiger charge is -2.22. The summed E-state index contributed by atoms with van der Waals surface area (Å²) in [4.78, 5) is 2.53. The van der Waals surface area contributed by atoms with Gasteiger partial charge in [-0.25, -0.2) is 0 Å². The monoisotopic (exact) mass is 201 g/mol. The number of aliphatic hydroxyl groups excluding tert-OH is 1. The van der Waals surface area contributed by atoms with Crippen molar-refractivity contribution in [2.75, 3.05) is 37.7 Å². The largest absolute Gasteiger partial charge is 0.396 e. The number of hydrogen-bond acceptors (Lipinski definition) is 3. The summed E-state index contributed by atoms with van der Waals surface area (Å²) in [5.74, 6) is 2.75. The van der Waals surface area contributed by atoms with Crippen molar-refractivity contribution in [3.05, 3.63) is 0 Å². The average molecular weight is 201 g/mol. The Morgan fingerprint density at radius 3 is 3.00 bits per heavy atom. The molecule has 0 unspecified atom stereocenters. The van der Waals surface area contributed by atoms with E-state index in [1.54, 1.807) is 0 Å². The number of likely N-dealkylation sites (tertiary alicyclic amines) is 1. The van der Waals surface area contributed by atoms with Crippen LogP contribution in [0.5, 0.6) is 0 Å². The summed E-state index contributed by atoms with van der Waals surface area (Å²) in [6.45, 7) is 4.00. The highest BCUT2D eigenvalue weighted by atomic mass is 32.2. The number of nitrogens with zero attached hydrogens (tertiary/aromatic N) is 1. The summed E-state index contributed by atoms with van der Waals surface area (Å²) in [5, 5.41) is 8.75. The Bertz CT molecular complexity index is 168. The van der Waals surface area contributed by atoms with Crippen molar-refractivity contribution in [3.63, 3.8) is 0 Å². The molecule has 2 saturated heterocycles. The van der Waals surface area contributed by atoms with Crippen LogP contribution in [0.2, 0.25) is 0 Å². The van der Waals surface area contributed by atoms with E-state index in [0.717, 1.165) is 13.0 Å². The van der Waals surface area contributed by atoms with E-state index in [9.17, 15) is 0 Å². The molecule has 0 aromatic heterocycles. The van der Waals surface area contributed by atoms with Gasteiger partial charge in [0.15, 0.2) is 0 Å². The summed E-state index contributed by atoms with van der Waals surface area (Å²) >= 11 is 2.12. The zero-order valence-corrected chi connectivity index (χ0v) is 8.98. The van der Waals surface area contributed by atoms with E-state index in [1.807, 2.05) is 0 Å². The normalized spacial score (nSPS) is 34.8. The van der Waals surface area contributed by atoms with Crippen molar-refractivity contribution < 1.29 is 5.11 Å². The van der Waals surface area contributed by atoms with Crippen LogP contribution < -0.4 is 0 Å². The number of aliphatic hydroxyl groups is 1. The van der Waals surface area contributed by atoms with Crippen LogP contribution in [0.25, 0.3) is 0 Å². The second-order valence-corrected chi connectivity index (χ2v) is 5.51. The Morgan fingerprint density at radius 1 is 1.38 bits per heavy atom. The van der Waals surface area contributed by atoms with E-state index in [0.29, 0.717) is 12.0 Å². The maximum Gasteiger partial charge on any atom is 0.0443 e. The van der Waals surface area contributed by atoms with Crippen LogP contribution in [0.3, 0.4) is 0 Å². The van der Waals surface area contributed by atoms with Crippen molar-refractivity contribution in [2.45, 2.75) is 19.3 Å². The molecule has 0 radical (unpaired) electrons. The molecule has 1 atom stereocenters. The van der Waals surface area contributed by atoms with Gasteiger partial charge < -0.3 is 10.0 Å². The molecule has 1 N–H and O–H groups in total. The van der Waals surface area contributed by atoms with Crippen LogP contribution in [-0.4, -0.2) is 47.8 Å². The van der Waals surface area contributed by atoms with Gasteiger partial charge in [-0.3, -0.25) is 0 Å². The summed E-state index contributed by atoms with van der Waals surface area (Å²) in [7, 11) is 0. The molecule has 2 nitrogen and oxygen atoms in total. The van der Waals surface area contributed by atoms with Gasteiger partial charge in [-0.2, -0.15) is 11.8 Å². The SMILES string of the molecule is OCCCN1CC[C@@]2(CCSC2)C1. The molecule has 0 amide bonds. The summed E-state index contributed by atoms with van der Waals surface area (Å²) in [6.07, 6.45) is 3.77. The topological polar surface area (TPSA) is 23.5 Å². The second kappa shape index (κ2) is 4.20. The molecule has 76 valence electrons. The molecule has 0 aliphatic carbocycles. The molecule has 2 aliphatic heterocycles. The molecule has 1 spiro atoms. The number of thioether (sulfide) groups is 1. The van der Waals surface area contributed by atoms with Crippen molar-refractivity contribution in [1.82, 2.24) is 4.90 Å². The van der Waals surface area contributed by atoms with E-state index in [1.165, 1.54) is 37.4 Å². The summed E-state index contributed by atoms with van der Waals surface area (Å²) < 4.78 is 0. The van der Waals surface area contributed by atoms with Crippen LogP contribution in [-0.2, 0) is 0 Å². The first-order chi connectivity index (χ1) is 6.35. The van der Waals surface area contributed by atoms with Gasteiger partial charge in [-0.1, -0.05) is 0 Å². The zero-order chi connectivity index (χ0) is 9.15. The van der Waals surface area contributed by atoms with Crippen molar-refractivity contribution >= 4 is 11.8 Å². The Morgan fingerprint density at radius 2 is 2.31 bits per heavy atom. The first-order valence-corrected chi connectivity index (χ1v) is 6.41. The van der Waals surface area contributed by atoms with Crippen LogP contribution in [0.1, 0.15) is 19.3 Å². The highest BCUT2D eigenvalue weighted by Crippen LogP contribution is 2.43. The van der Waals surface area contributed by atoms with Gasteiger partial charge in [0, 0.05) is 25.4 Å². The van der Waals surface area contributed by atoms with Crippen LogP contribution >= 0.6 is 11.8 Å². The molecule has 0 saturated carbocycles. The maximum atomic E-state index is 8.75. The highest BCUT2D eigenvalue weighted by molar-refractivity contribution is 7.99. The van der Waals surface area contributed by atoms with E-state index < -0.39 is 0 Å². The molecule has 0 aromatic carbocycles. The van der Waals surface area contributed by atoms with E-state index >= 15 is 0 Å². The maximum absolute atomic E-state index is 8.75. The summed E-state index contributed by atoms with van der Waals surface area (Å²) in [6, 6.07) is 0. The van der Waals surface area contributed by atoms with Crippen molar-refractivity contribution in [2.24, 2.45) is 5.41 Å². The zero-order valence-electron chi connectivity index (χ0n) is 8.17. The lowest BCUT2D eigenvalue weighted by Crippen LogP contribution is -2.28. The van der Waals surface area contributed by atoms with Gasteiger partial charge in [0.25, 0.3) is 0 Å². The van der Waals surface area contributed by atoms with Gasteiger partial charge in [-0.05, 0) is 37.0 Å². The lowest BCUT2D eigenvalue weighted by molar-refractivity contribution is 0.232. The molecule has 13 heavy (non-hydrogen) atoms. The van der Waals surface area contributed by atoms with Gasteiger partial charge in [0.05, 0.1) is 0 Å². The minimum atomic E-state index is 0.345. The first-order valence-electron chi connectivity index (χ1n) is 5.26. The Hall–Kier alpha value is 0.270. The minimum absolute atomic E-state index is 0.345. The third kappa shape index (κ3) is 2.20. The van der Waals surface area contributed by atoms with E-state index in [4.69, 9.17) is 5.11 Å². The predicted octanol–water partition coefficient (Wildman–Crippen LogP) is 1.20. The number of rotatable bonds is 3. The third-order valence-electron chi connectivity index (χ3n) is 3.33. The molecule has 2 aliphatic rings. The average Bonchev–Trinajstić information content (AvgIpc) is 2.74. The second-order valence-electron chi connectivity index (χ2n) is 4.41. The first kappa shape index (κ1) is 9.81. The van der Waals surface area contributed by atoms with Crippen LogP contribution in [0.4, 0.5) is 0 Å².